The second kappa shape index (κ2) is 8.13. The number of ether oxygens (including phenoxy) is 1. The van der Waals surface area contributed by atoms with Crippen molar-refractivity contribution in [1.82, 2.24) is 9.88 Å². The summed E-state index contributed by atoms with van der Waals surface area (Å²) < 4.78 is 5.43. The molecule has 0 saturated carbocycles. The maximum atomic E-state index is 12.1. The zero-order valence-electron chi connectivity index (χ0n) is 15.0. The Morgan fingerprint density at radius 3 is 2.58 bits per heavy atom. The SMILES string of the molecule is CO/N=C(/CC1CCN(C(=O)OC(C)(C)C)CC1)c1ccccn1. The Balaban J connectivity index is 1.90. The van der Waals surface area contributed by atoms with Gasteiger partial charge in [0.1, 0.15) is 18.4 Å². The Morgan fingerprint density at radius 1 is 1.33 bits per heavy atom. The van der Waals surface area contributed by atoms with Gasteiger partial charge in [0.25, 0.3) is 0 Å². The van der Waals surface area contributed by atoms with Gasteiger partial charge in [-0.1, -0.05) is 11.2 Å². The third kappa shape index (κ3) is 5.51. The first kappa shape index (κ1) is 18.2. The molecule has 1 aliphatic rings. The molecule has 1 aromatic rings. The number of oxime groups is 1. The van der Waals surface area contributed by atoms with Gasteiger partial charge in [0.15, 0.2) is 0 Å². The normalized spacial score (nSPS) is 16.8. The summed E-state index contributed by atoms with van der Waals surface area (Å²) in [7, 11) is 1.55. The topological polar surface area (TPSA) is 64.0 Å². The molecule has 1 aromatic heterocycles. The van der Waals surface area contributed by atoms with Gasteiger partial charge in [-0.3, -0.25) is 4.98 Å². The molecule has 6 nitrogen and oxygen atoms in total. The number of hydrogen-bond donors (Lipinski definition) is 0. The van der Waals surface area contributed by atoms with Gasteiger partial charge in [0.2, 0.25) is 0 Å². The van der Waals surface area contributed by atoms with E-state index in [1.807, 2.05) is 39.0 Å². The number of amides is 1. The average molecular weight is 333 g/mol. The fraction of sp³-hybridized carbons (Fsp3) is 0.611. The van der Waals surface area contributed by atoms with Crippen LogP contribution in [0.2, 0.25) is 0 Å². The van der Waals surface area contributed by atoms with Gasteiger partial charge in [-0.05, 0) is 58.1 Å². The molecule has 132 valence electrons. The van der Waals surface area contributed by atoms with Crippen molar-refractivity contribution in [2.45, 2.75) is 45.6 Å². The fourth-order valence-corrected chi connectivity index (χ4v) is 2.75. The van der Waals surface area contributed by atoms with Crippen molar-refractivity contribution in [2.75, 3.05) is 20.2 Å². The molecule has 0 bridgehead atoms. The first-order valence-corrected chi connectivity index (χ1v) is 8.38. The molecule has 0 atom stereocenters. The van der Waals surface area contributed by atoms with E-state index in [1.54, 1.807) is 18.2 Å². The van der Waals surface area contributed by atoms with Gasteiger partial charge in [-0.15, -0.1) is 0 Å². The van der Waals surface area contributed by atoms with E-state index in [4.69, 9.17) is 9.57 Å². The lowest BCUT2D eigenvalue weighted by atomic mass is 9.90. The monoisotopic (exact) mass is 333 g/mol. The summed E-state index contributed by atoms with van der Waals surface area (Å²) in [5.74, 6) is 0.458. The first-order chi connectivity index (χ1) is 11.4. The van der Waals surface area contributed by atoms with Gasteiger partial charge in [0, 0.05) is 19.3 Å². The van der Waals surface area contributed by atoms with Crippen LogP contribution in [0.15, 0.2) is 29.6 Å². The smallest absolute Gasteiger partial charge is 0.410 e. The third-order valence-electron chi connectivity index (χ3n) is 3.91. The van der Waals surface area contributed by atoms with E-state index in [2.05, 4.69) is 10.1 Å². The highest BCUT2D eigenvalue weighted by molar-refractivity contribution is 5.98. The third-order valence-corrected chi connectivity index (χ3v) is 3.91. The highest BCUT2D eigenvalue weighted by Crippen LogP contribution is 2.24. The van der Waals surface area contributed by atoms with Crippen LogP contribution >= 0.6 is 0 Å². The number of piperidine rings is 1. The molecule has 1 amide bonds. The highest BCUT2D eigenvalue weighted by Gasteiger charge is 2.27. The van der Waals surface area contributed by atoms with E-state index in [0.29, 0.717) is 19.0 Å². The number of pyridine rings is 1. The Bertz CT molecular complexity index is 559. The van der Waals surface area contributed by atoms with Crippen LogP contribution in [-0.4, -0.2) is 47.5 Å². The molecule has 2 heterocycles. The van der Waals surface area contributed by atoms with E-state index < -0.39 is 5.60 Å². The standard InChI is InChI=1S/C18H27N3O3/c1-18(2,3)24-17(22)21-11-8-14(9-12-21)13-16(20-23-4)15-7-5-6-10-19-15/h5-7,10,14H,8-9,11-13H2,1-4H3/b20-16-. The highest BCUT2D eigenvalue weighted by atomic mass is 16.6. The summed E-state index contributed by atoms with van der Waals surface area (Å²) in [5.41, 5.74) is 1.24. The van der Waals surface area contributed by atoms with Gasteiger partial charge < -0.3 is 14.5 Å². The number of likely N-dealkylation sites (tertiary alicyclic amines) is 1. The second-order valence-electron chi connectivity index (χ2n) is 7.05. The zero-order valence-corrected chi connectivity index (χ0v) is 15.0. The number of carbonyl (C=O) groups excluding carboxylic acids is 1. The quantitative estimate of drug-likeness (QED) is 0.625. The predicted molar refractivity (Wildman–Crippen MR) is 92.9 cm³/mol. The van der Waals surface area contributed by atoms with E-state index in [1.165, 1.54) is 0 Å². The number of aromatic nitrogens is 1. The molecule has 1 saturated heterocycles. The largest absolute Gasteiger partial charge is 0.444 e. The molecule has 2 rings (SSSR count). The molecule has 0 aromatic carbocycles. The lowest BCUT2D eigenvalue weighted by Gasteiger charge is -2.33. The molecule has 0 radical (unpaired) electrons. The average Bonchev–Trinajstić information content (AvgIpc) is 2.54. The van der Waals surface area contributed by atoms with Gasteiger partial charge >= 0.3 is 6.09 Å². The Morgan fingerprint density at radius 2 is 2.04 bits per heavy atom. The van der Waals surface area contributed by atoms with E-state index in [9.17, 15) is 4.79 Å². The lowest BCUT2D eigenvalue weighted by molar-refractivity contribution is 0.0186. The van der Waals surface area contributed by atoms with Gasteiger partial charge in [-0.2, -0.15) is 0 Å². The van der Waals surface area contributed by atoms with Crippen molar-refractivity contribution in [3.63, 3.8) is 0 Å². The first-order valence-electron chi connectivity index (χ1n) is 8.38. The van der Waals surface area contributed by atoms with Crippen LogP contribution in [0.4, 0.5) is 4.79 Å². The van der Waals surface area contributed by atoms with Gasteiger partial charge in [0.05, 0.1) is 5.69 Å². The van der Waals surface area contributed by atoms with Crippen LogP contribution in [0, 0.1) is 5.92 Å². The zero-order chi connectivity index (χ0) is 17.6. The van der Waals surface area contributed by atoms with Crippen LogP contribution in [0.3, 0.4) is 0 Å². The van der Waals surface area contributed by atoms with Crippen molar-refractivity contribution in [1.29, 1.82) is 0 Å². The molecule has 1 fully saturated rings. The van der Waals surface area contributed by atoms with E-state index >= 15 is 0 Å². The second-order valence-corrected chi connectivity index (χ2v) is 7.05. The summed E-state index contributed by atoms with van der Waals surface area (Å²) in [4.78, 5) is 23.2. The van der Waals surface area contributed by atoms with Crippen molar-refractivity contribution in [2.24, 2.45) is 11.1 Å². The summed E-state index contributed by atoms with van der Waals surface area (Å²) in [6, 6.07) is 5.76. The summed E-state index contributed by atoms with van der Waals surface area (Å²) in [6.45, 7) is 7.08. The minimum absolute atomic E-state index is 0.226. The van der Waals surface area contributed by atoms with E-state index in [0.717, 1.165) is 30.7 Å². The van der Waals surface area contributed by atoms with Crippen molar-refractivity contribution < 1.29 is 14.4 Å². The van der Waals surface area contributed by atoms with Crippen molar-refractivity contribution >= 4 is 11.8 Å². The minimum atomic E-state index is -0.453. The number of carbonyl (C=O) groups is 1. The molecule has 0 spiro atoms. The molecule has 0 unspecified atom stereocenters. The van der Waals surface area contributed by atoms with Crippen molar-refractivity contribution in [3.8, 4) is 0 Å². The van der Waals surface area contributed by atoms with Crippen LogP contribution in [0.1, 0.15) is 45.7 Å². The summed E-state index contributed by atoms with van der Waals surface area (Å²) >= 11 is 0. The minimum Gasteiger partial charge on any atom is -0.444 e. The Hall–Kier alpha value is -2.11. The molecule has 1 aliphatic heterocycles. The number of rotatable bonds is 4. The molecule has 6 heteroatoms. The summed E-state index contributed by atoms with van der Waals surface area (Å²) in [6.07, 6.45) is 4.18. The molecular weight excluding hydrogens is 306 g/mol. The molecule has 0 N–H and O–H groups in total. The summed E-state index contributed by atoms with van der Waals surface area (Å²) in [5, 5.41) is 4.14. The lowest BCUT2D eigenvalue weighted by Crippen LogP contribution is -2.42. The predicted octanol–water partition coefficient (Wildman–Crippen LogP) is 3.47. The van der Waals surface area contributed by atoms with Crippen molar-refractivity contribution in [3.05, 3.63) is 30.1 Å². The number of hydrogen-bond acceptors (Lipinski definition) is 5. The number of nitrogens with zero attached hydrogens (tertiary/aromatic N) is 3. The van der Waals surface area contributed by atoms with E-state index in [-0.39, 0.29) is 6.09 Å². The molecular formula is C18H27N3O3. The van der Waals surface area contributed by atoms with Crippen LogP contribution in [-0.2, 0) is 9.57 Å². The fourth-order valence-electron chi connectivity index (χ4n) is 2.75. The molecule has 24 heavy (non-hydrogen) atoms. The Kier molecular flexibility index (Phi) is 6.17. The van der Waals surface area contributed by atoms with Crippen LogP contribution in [0.25, 0.3) is 0 Å². The van der Waals surface area contributed by atoms with Crippen LogP contribution < -0.4 is 0 Å². The molecule has 0 aliphatic carbocycles. The van der Waals surface area contributed by atoms with Crippen LogP contribution in [0.5, 0.6) is 0 Å². The maximum Gasteiger partial charge on any atom is 0.410 e. The maximum absolute atomic E-state index is 12.1. The van der Waals surface area contributed by atoms with Gasteiger partial charge in [-0.25, -0.2) is 4.79 Å². The Labute approximate surface area is 143 Å².